The molecule has 0 aliphatic rings. The molecule has 1 aromatic rings. The molecule has 0 aromatic carbocycles. The van der Waals surface area contributed by atoms with Gasteiger partial charge in [-0.3, -0.25) is 0 Å². The lowest BCUT2D eigenvalue weighted by atomic mass is 10.1. The fraction of sp³-hybridized carbons (Fsp3) is 0.500. The Morgan fingerprint density at radius 2 is 2.31 bits per heavy atom. The van der Waals surface area contributed by atoms with Crippen molar-refractivity contribution >= 4 is 5.82 Å². The van der Waals surface area contributed by atoms with Gasteiger partial charge in [-0.15, -0.1) is 0 Å². The minimum Gasteiger partial charge on any atom is -0.383 e. The Morgan fingerprint density at radius 1 is 1.54 bits per heavy atom. The maximum atomic E-state index is 5.81. The number of anilines is 1. The van der Waals surface area contributed by atoms with Gasteiger partial charge in [0.05, 0.1) is 0 Å². The lowest BCUT2D eigenvalue weighted by Crippen LogP contribution is -2.19. The van der Waals surface area contributed by atoms with Crippen LogP contribution < -0.4 is 11.5 Å². The Kier molecular flexibility index (Phi) is 3.71. The quantitative estimate of drug-likeness (QED) is 0.733. The van der Waals surface area contributed by atoms with Crippen LogP contribution in [-0.4, -0.2) is 11.0 Å². The van der Waals surface area contributed by atoms with Gasteiger partial charge in [0.25, 0.3) is 0 Å². The van der Waals surface area contributed by atoms with Gasteiger partial charge in [-0.1, -0.05) is 13.0 Å². The second-order valence-corrected chi connectivity index (χ2v) is 3.25. The number of nitrogens with two attached hydrogens (primary N) is 2. The maximum Gasteiger partial charge on any atom is 0.126 e. The molecule has 0 fully saturated rings. The molecular weight excluding hydrogens is 162 g/mol. The number of rotatable bonds is 4. The second kappa shape index (κ2) is 4.82. The molecule has 13 heavy (non-hydrogen) atoms. The number of hydrogen-bond donors (Lipinski definition) is 2. The average Bonchev–Trinajstić information content (AvgIpc) is 2.16. The minimum atomic E-state index is 0.277. The van der Waals surface area contributed by atoms with Crippen LogP contribution in [0.4, 0.5) is 5.82 Å². The van der Waals surface area contributed by atoms with Crippen LogP contribution in [0.25, 0.3) is 0 Å². The molecule has 0 aliphatic heterocycles. The van der Waals surface area contributed by atoms with E-state index in [9.17, 15) is 0 Å². The third kappa shape index (κ3) is 3.03. The molecule has 1 rings (SSSR count). The van der Waals surface area contributed by atoms with E-state index in [0.29, 0.717) is 5.82 Å². The molecule has 0 saturated carbocycles. The van der Waals surface area contributed by atoms with E-state index in [1.165, 1.54) is 0 Å². The number of hydrogen-bond acceptors (Lipinski definition) is 3. The van der Waals surface area contributed by atoms with Crippen LogP contribution in [0.2, 0.25) is 0 Å². The Bertz CT molecular complexity index is 260. The second-order valence-electron chi connectivity index (χ2n) is 3.25. The van der Waals surface area contributed by atoms with Gasteiger partial charge in [0, 0.05) is 12.2 Å². The molecule has 0 saturated heterocycles. The zero-order valence-corrected chi connectivity index (χ0v) is 8.03. The molecule has 1 heterocycles. The van der Waals surface area contributed by atoms with Gasteiger partial charge in [0.15, 0.2) is 0 Å². The molecule has 1 aromatic heterocycles. The van der Waals surface area contributed by atoms with Crippen molar-refractivity contribution in [1.82, 2.24) is 4.98 Å². The van der Waals surface area contributed by atoms with E-state index >= 15 is 0 Å². The van der Waals surface area contributed by atoms with Crippen LogP contribution in [-0.2, 0) is 6.42 Å². The first-order valence-electron chi connectivity index (χ1n) is 4.69. The number of nitrogens with zero attached hydrogens (tertiary/aromatic N) is 1. The highest BCUT2D eigenvalue weighted by molar-refractivity contribution is 5.38. The highest BCUT2D eigenvalue weighted by Gasteiger charge is 2.02. The van der Waals surface area contributed by atoms with Crippen molar-refractivity contribution in [2.75, 3.05) is 5.73 Å². The Morgan fingerprint density at radius 3 is 2.92 bits per heavy atom. The zero-order chi connectivity index (χ0) is 9.68. The van der Waals surface area contributed by atoms with Crippen molar-refractivity contribution in [2.45, 2.75) is 32.2 Å². The van der Waals surface area contributed by atoms with Gasteiger partial charge in [-0.2, -0.15) is 0 Å². The third-order valence-electron chi connectivity index (χ3n) is 2.23. The average molecular weight is 179 g/mol. The maximum absolute atomic E-state index is 5.81. The molecule has 1 unspecified atom stereocenters. The zero-order valence-electron chi connectivity index (χ0n) is 8.03. The van der Waals surface area contributed by atoms with Crippen LogP contribution in [0.1, 0.15) is 25.3 Å². The smallest absolute Gasteiger partial charge is 0.126 e. The Balaban J connectivity index is 2.50. The summed E-state index contributed by atoms with van der Waals surface area (Å²) >= 11 is 0. The number of aromatic nitrogens is 1. The van der Waals surface area contributed by atoms with Crippen molar-refractivity contribution < 1.29 is 0 Å². The third-order valence-corrected chi connectivity index (χ3v) is 2.23. The molecule has 72 valence electrons. The van der Waals surface area contributed by atoms with Gasteiger partial charge >= 0.3 is 0 Å². The van der Waals surface area contributed by atoms with Crippen molar-refractivity contribution in [2.24, 2.45) is 5.73 Å². The largest absolute Gasteiger partial charge is 0.383 e. The SMILES string of the molecule is CCC(N)CCc1cccnc1N. The van der Waals surface area contributed by atoms with Crippen LogP contribution in [0.5, 0.6) is 0 Å². The predicted octanol–water partition coefficient (Wildman–Crippen LogP) is 1.33. The molecule has 1 atom stereocenters. The topological polar surface area (TPSA) is 64.9 Å². The van der Waals surface area contributed by atoms with Gasteiger partial charge < -0.3 is 11.5 Å². The normalized spacial score (nSPS) is 12.8. The van der Waals surface area contributed by atoms with Crippen LogP contribution >= 0.6 is 0 Å². The number of nitrogen functional groups attached to an aromatic ring is 1. The van der Waals surface area contributed by atoms with Crippen LogP contribution in [0.3, 0.4) is 0 Å². The molecule has 0 aliphatic carbocycles. The highest BCUT2D eigenvalue weighted by Crippen LogP contribution is 2.10. The van der Waals surface area contributed by atoms with Gasteiger partial charge in [0.1, 0.15) is 5.82 Å². The van der Waals surface area contributed by atoms with E-state index in [0.717, 1.165) is 24.8 Å². The van der Waals surface area contributed by atoms with Crippen LogP contribution in [0, 0.1) is 0 Å². The number of aryl methyl sites for hydroxylation is 1. The van der Waals surface area contributed by atoms with E-state index in [1.54, 1.807) is 6.20 Å². The fourth-order valence-electron chi connectivity index (χ4n) is 1.21. The fourth-order valence-corrected chi connectivity index (χ4v) is 1.21. The molecule has 0 bridgehead atoms. The molecule has 0 radical (unpaired) electrons. The Hall–Kier alpha value is -1.09. The minimum absolute atomic E-state index is 0.277. The van der Waals surface area contributed by atoms with E-state index in [4.69, 9.17) is 11.5 Å². The van der Waals surface area contributed by atoms with Gasteiger partial charge in [0.2, 0.25) is 0 Å². The molecule has 4 N–H and O–H groups in total. The van der Waals surface area contributed by atoms with E-state index in [-0.39, 0.29) is 6.04 Å². The molecular formula is C10H17N3. The summed E-state index contributed by atoms with van der Waals surface area (Å²) in [6.45, 7) is 2.09. The van der Waals surface area contributed by atoms with Gasteiger partial charge in [-0.25, -0.2) is 4.98 Å². The van der Waals surface area contributed by atoms with Crippen molar-refractivity contribution in [3.05, 3.63) is 23.9 Å². The predicted molar refractivity (Wildman–Crippen MR) is 55.2 cm³/mol. The van der Waals surface area contributed by atoms with Crippen LogP contribution in [0.15, 0.2) is 18.3 Å². The first-order valence-corrected chi connectivity index (χ1v) is 4.69. The monoisotopic (exact) mass is 179 g/mol. The summed E-state index contributed by atoms with van der Waals surface area (Å²) < 4.78 is 0. The van der Waals surface area contributed by atoms with E-state index in [2.05, 4.69) is 11.9 Å². The standard InChI is InChI=1S/C10H17N3/c1-2-9(11)6-5-8-4-3-7-13-10(8)12/h3-4,7,9H,2,5-6,11H2,1H3,(H2,12,13). The molecule has 3 heteroatoms. The summed E-state index contributed by atoms with van der Waals surface area (Å²) in [7, 11) is 0. The number of pyridine rings is 1. The molecule has 0 amide bonds. The van der Waals surface area contributed by atoms with E-state index < -0.39 is 0 Å². The summed E-state index contributed by atoms with van der Waals surface area (Å²) in [6, 6.07) is 4.19. The van der Waals surface area contributed by atoms with Crippen molar-refractivity contribution in [1.29, 1.82) is 0 Å². The summed E-state index contributed by atoms with van der Waals surface area (Å²) in [5, 5.41) is 0. The lowest BCUT2D eigenvalue weighted by Gasteiger charge is -2.08. The molecule has 0 spiro atoms. The highest BCUT2D eigenvalue weighted by atomic mass is 14.8. The first kappa shape index (κ1) is 9.99. The molecule has 3 nitrogen and oxygen atoms in total. The first-order chi connectivity index (χ1) is 6.24. The Labute approximate surface area is 79.2 Å². The lowest BCUT2D eigenvalue weighted by molar-refractivity contribution is 0.596. The summed E-state index contributed by atoms with van der Waals surface area (Å²) in [5.74, 6) is 0.630. The van der Waals surface area contributed by atoms with Gasteiger partial charge in [-0.05, 0) is 30.9 Å². The van der Waals surface area contributed by atoms with E-state index in [1.807, 2.05) is 12.1 Å². The summed E-state index contributed by atoms with van der Waals surface area (Å²) in [5.41, 5.74) is 12.6. The van der Waals surface area contributed by atoms with Crippen molar-refractivity contribution in [3.8, 4) is 0 Å². The summed E-state index contributed by atoms with van der Waals surface area (Å²) in [4.78, 5) is 4.02. The van der Waals surface area contributed by atoms with Crippen molar-refractivity contribution in [3.63, 3.8) is 0 Å². The summed E-state index contributed by atoms with van der Waals surface area (Å²) in [6.07, 6.45) is 4.62.